The van der Waals surface area contributed by atoms with Crippen LogP contribution >= 0.6 is 11.6 Å². The highest BCUT2D eigenvalue weighted by molar-refractivity contribution is 6.31. The van der Waals surface area contributed by atoms with E-state index in [1.54, 1.807) is 6.07 Å². The van der Waals surface area contributed by atoms with Crippen LogP contribution in [0.1, 0.15) is 45.8 Å². The lowest BCUT2D eigenvalue weighted by Crippen LogP contribution is -2.54. The van der Waals surface area contributed by atoms with E-state index in [1.807, 2.05) is 30.3 Å². The summed E-state index contributed by atoms with van der Waals surface area (Å²) in [5.74, 6) is -3.21. The molecule has 10 nitrogen and oxygen atoms in total. The second-order valence-corrected chi connectivity index (χ2v) is 11.0. The van der Waals surface area contributed by atoms with Gasteiger partial charge in [0.2, 0.25) is 17.7 Å². The Morgan fingerprint density at radius 2 is 1.95 bits per heavy atom. The van der Waals surface area contributed by atoms with Crippen LogP contribution in [-0.4, -0.2) is 55.5 Å². The average Bonchev–Trinajstić information content (AvgIpc) is 2.98. The van der Waals surface area contributed by atoms with Gasteiger partial charge in [-0.3, -0.25) is 19.7 Å². The number of ether oxygens (including phenoxy) is 2. The lowest BCUT2D eigenvalue weighted by atomic mass is 9.81. The number of hydrogen-bond donors (Lipinski definition) is 3. The normalized spacial score (nSPS) is 18.3. The van der Waals surface area contributed by atoms with Crippen molar-refractivity contribution in [3.05, 3.63) is 93.8 Å². The average molecular weight is 609 g/mol. The van der Waals surface area contributed by atoms with Gasteiger partial charge in [-0.1, -0.05) is 41.9 Å². The van der Waals surface area contributed by atoms with Crippen LogP contribution in [0.4, 0.5) is 20.6 Å². The van der Waals surface area contributed by atoms with Crippen LogP contribution in [0, 0.1) is 5.82 Å². The van der Waals surface area contributed by atoms with Crippen LogP contribution in [-0.2, 0) is 31.1 Å². The summed E-state index contributed by atoms with van der Waals surface area (Å²) in [7, 11) is 1.39. The molecule has 1 spiro atoms. The van der Waals surface area contributed by atoms with Crippen molar-refractivity contribution in [1.29, 1.82) is 0 Å². The van der Waals surface area contributed by atoms with Gasteiger partial charge < -0.3 is 25.4 Å². The molecule has 2 aliphatic heterocycles. The maximum Gasteiger partial charge on any atom is 0.412 e. The van der Waals surface area contributed by atoms with Crippen molar-refractivity contribution >= 4 is 46.8 Å². The summed E-state index contributed by atoms with van der Waals surface area (Å²) in [6.07, 6.45) is 0.0978. The van der Waals surface area contributed by atoms with E-state index in [-0.39, 0.29) is 53.7 Å². The second kappa shape index (κ2) is 12.4. The van der Waals surface area contributed by atoms with Crippen molar-refractivity contribution in [3.63, 3.8) is 0 Å². The van der Waals surface area contributed by atoms with Gasteiger partial charge in [-0.05, 0) is 60.7 Å². The predicted molar refractivity (Wildman–Crippen MR) is 157 cm³/mol. The molecule has 0 bridgehead atoms. The Balaban J connectivity index is 1.56. The number of amides is 4. The maximum absolute atomic E-state index is 15.5. The molecule has 0 radical (unpaired) electrons. The van der Waals surface area contributed by atoms with Gasteiger partial charge in [0, 0.05) is 24.9 Å². The molecule has 0 aliphatic carbocycles. The lowest BCUT2D eigenvalue weighted by molar-refractivity contribution is -0.140. The fourth-order valence-corrected chi connectivity index (χ4v) is 6.00. The number of primary amides is 1. The van der Waals surface area contributed by atoms with Crippen LogP contribution in [0.3, 0.4) is 0 Å². The summed E-state index contributed by atoms with van der Waals surface area (Å²) in [6.45, 7) is -0.0275. The van der Waals surface area contributed by atoms with Gasteiger partial charge in [0.1, 0.15) is 6.61 Å². The SMILES string of the molecule is COCC(=O)Nc1ccc(C(N)=O)c([C@H](Cc2ccccc2)C(=O)N2CCC[C@@]3(C2)OC(=O)Nc2ccc(Cl)c(F)c23)c1. The standard InChI is InChI=1S/C31H30ClFN4O6/c1-42-16-25(38)35-19-8-9-20(28(34)39)21(15-19)22(14-18-6-3-2-4-7-18)29(40)37-13-5-12-31(17-37)26-24(36-30(41)43-31)11-10-23(32)27(26)33/h2-4,6-11,15,22H,5,12-14,16-17H2,1H3,(H2,34,39)(H,35,38)(H,36,41)/t22-,31-/m0/s1. The van der Waals surface area contributed by atoms with Crippen molar-refractivity contribution in [2.24, 2.45) is 5.73 Å². The lowest BCUT2D eigenvalue weighted by Gasteiger charge is -2.45. The molecule has 2 heterocycles. The van der Waals surface area contributed by atoms with Crippen LogP contribution < -0.4 is 16.4 Å². The Hall–Kier alpha value is -4.48. The fraction of sp³-hybridized carbons (Fsp3) is 0.290. The van der Waals surface area contributed by atoms with Crippen LogP contribution in [0.2, 0.25) is 5.02 Å². The molecule has 3 aromatic carbocycles. The number of methoxy groups -OCH3 is 1. The third-order valence-electron chi connectivity index (χ3n) is 7.67. The summed E-state index contributed by atoms with van der Waals surface area (Å²) >= 11 is 6.12. The summed E-state index contributed by atoms with van der Waals surface area (Å²) < 4.78 is 26.1. The van der Waals surface area contributed by atoms with Gasteiger partial charge >= 0.3 is 6.09 Å². The highest BCUT2D eigenvalue weighted by Crippen LogP contribution is 2.46. The third kappa shape index (κ3) is 6.18. The zero-order chi connectivity index (χ0) is 30.7. The molecule has 0 aromatic heterocycles. The van der Waals surface area contributed by atoms with Crippen LogP contribution in [0.15, 0.2) is 60.7 Å². The van der Waals surface area contributed by atoms with E-state index in [9.17, 15) is 19.2 Å². The molecule has 2 atom stereocenters. The summed E-state index contributed by atoms with van der Waals surface area (Å²) in [5.41, 5.74) is 6.17. The number of rotatable bonds is 8. The Morgan fingerprint density at radius 3 is 2.67 bits per heavy atom. The van der Waals surface area contributed by atoms with Crippen molar-refractivity contribution in [1.82, 2.24) is 4.90 Å². The van der Waals surface area contributed by atoms with Gasteiger partial charge in [-0.25, -0.2) is 9.18 Å². The number of nitrogens with one attached hydrogen (secondary N) is 2. The number of nitrogens with zero attached hydrogens (tertiary/aromatic N) is 1. The van der Waals surface area contributed by atoms with Gasteiger partial charge in [0.05, 0.1) is 28.7 Å². The predicted octanol–water partition coefficient (Wildman–Crippen LogP) is 4.57. The first-order valence-corrected chi connectivity index (χ1v) is 14.0. The van der Waals surface area contributed by atoms with Crippen LogP contribution in [0.5, 0.6) is 0 Å². The highest BCUT2D eigenvalue weighted by atomic mass is 35.5. The monoisotopic (exact) mass is 608 g/mol. The van der Waals surface area contributed by atoms with E-state index in [2.05, 4.69) is 10.6 Å². The van der Waals surface area contributed by atoms with Crippen molar-refractivity contribution in [2.75, 3.05) is 37.4 Å². The minimum Gasteiger partial charge on any atom is -0.436 e. The van der Waals surface area contributed by atoms with Crippen molar-refractivity contribution in [3.8, 4) is 0 Å². The molecule has 224 valence electrons. The Kier molecular flexibility index (Phi) is 8.65. The molecule has 3 aromatic rings. The molecule has 1 fully saturated rings. The molecule has 4 N–H and O–H groups in total. The van der Waals surface area contributed by atoms with E-state index in [0.717, 1.165) is 5.56 Å². The molecular weight excluding hydrogens is 579 g/mol. The summed E-state index contributed by atoms with van der Waals surface area (Å²) in [4.78, 5) is 53.4. The molecule has 1 saturated heterocycles. The second-order valence-electron chi connectivity index (χ2n) is 10.5. The number of likely N-dealkylation sites (tertiary alicyclic amines) is 1. The smallest absolute Gasteiger partial charge is 0.412 e. The first kappa shape index (κ1) is 30.0. The number of carbonyl (C=O) groups excluding carboxylic acids is 4. The minimum absolute atomic E-state index is 0.0809. The Bertz CT molecular complexity index is 1590. The number of fused-ring (bicyclic) bond motifs is 2. The highest BCUT2D eigenvalue weighted by Gasteiger charge is 2.49. The maximum atomic E-state index is 15.5. The molecule has 2 aliphatic rings. The molecule has 0 unspecified atom stereocenters. The van der Waals surface area contributed by atoms with E-state index in [1.165, 1.54) is 36.3 Å². The van der Waals surface area contributed by atoms with E-state index < -0.39 is 35.2 Å². The Morgan fingerprint density at radius 1 is 1.19 bits per heavy atom. The number of carbonyl (C=O) groups is 4. The quantitative estimate of drug-likeness (QED) is 0.342. The number of halogens is 2. The molecule has 12 heteroatoms. The zero-order valence-corrected chi connectivity index (χ0v) is 24.1. The number of piperidine rings is 1. The molecule has 5 rings (SSSR count). The van der Waals surface area contributed by atoms with Crippen molar-refractivity contribution in [2.45, 2.75) is 30.8 Å². The van der Waals surface area contributed by atoms with Crippen molar-refractivity contribution < 1.29 is 33.0 Å². The molecule has 0 saturated carbocycles. The number of nitrogens with two attached hydrogens (primary N) is 1. The van der Waals surface area contributed by atoms with Gasteiger partial charge in [-0.2, -0.15) is 0 Å². The zero-order valence-electron chi connectivity index (χ0n) is 23.3. The first-order chi connectivity index (χ1) is 20.6. The van der Waals surface area contributed by atoms with E-state index in [4.69, 9.17) is 26.8 Å². The number of anilines is 2. The Labute approximate surface area is 252 Å². The molecule has 43 heavy (non-hydrogen) atoms. The fourth-order valence-electron chi connectivity index (χ4n) is 5.84. The largest absolute Gasteiger partial charge is 0.436 e. The summed E-state index contributed by atoms with van der Waals surface area (Å²) in [5, 5.41) is 5.08. The topological polar surface area (TPSA) is 140 Å². The van der Waals surface area contributed by atoms with Crippen LogP contribution in [0.25, 0.3) is 0 Å². The van der Waals surface area contributed by atoms with Gasteiger partial charge in [-0.15, -0.1) is 0 Å². The number of hydrogen-bond acceptors (Lipinski definition) is 6. The van der Waals surface area contributed by atoms with E-state index in [0.29, 0.717) is 24.2 Å². The minimum atomic E-state index is -1.47. The molecular formula is C31H30ClFN4O6. The molecule has 4 amide bonds. The van der Waals surface area contributed by atoms with Gasteiger partial charge in [0.25, 0.3) is 0 Å². The third-order valence-corrected chi connectivity index (χ3v) is 7.97. The number of benzene rings is 3. The first-order valence-electron chi connectivity index (χ1n) is 13.7. The van der Waals surface area contributed by atoms with E-state index >= 15 is 4.39 Å². The van der Waals surface area contributed by atoms with Gasteiger partial charge in [0.15, 0.2) is 11.4 Å². The summed E-state index contributed by atoms with van der Waals surface area (Å²) in [6, 6.07) is 16.6.